The lowest BCUT2D eigenvalue weighted by molar-refractivity contribution is 1.01. The first-order valence-electron chi connectivity index (χ1n) is 7.29. The van der Waals surface area contributed by atoms with E-state index in [1.54, 1.807) is 11.3 Å². The second-order valence-electron chi connectivity index (χ2n) is 5.37. The molecular weight excluding hydrogens is 388 g/mol. The van der Waals surface area contributed by atoms with Crippen molar-refractivity contribution in [3.63, 3.8) is 0 Å². The number of nitrogens with one attached hydrogen (secondary N) is 2. The van der Waals surface area contributed by atoms with Crippen LogP contribution in [0.1, 0.15) is 17.4 Å². The molecule has 4 rings (SSSR count). The Labute approximate surface area is 150 Å². The van der Waals surface area contributed by atoms with Crippen molar-refractivity contribution in [2.75, 3.05) is 5.43 Å². The summed E-state index contributed by atoms with van der Waals surface area (Å²) in [6, 6.07) is 10.1. The SMILES string of the molecule is C/C(=N/Nc1nnc2c(n1)[nH]c1c(C)cccc12)c1ccc(Br)s1. The van der Waals surface area contributed by atoms with E-state index in [0.29, 0.717) is 11.6 Å². The van der Waals surface area contributed by atoms with Crippen LogP contribution in [0.3, 0.4) is 0 Å². The lowest BCUT2D eigenvalue weighted by atomic mass is 10.1. The van der Waals surface area contributed by atoms with E-state index in [0.717, 1.165) is 36.4 Å². The fourth-order valence-corrected chi connectivity index (χ4v) is 3.82. The number of H-pyrrole nitrogens is 1. The van der Waals surface area contributed by atoms with Gasteiger partial charge in [0.2, 0.25) is 0 Å². The molecule has 3 heterocycles. The Kier molecular flexibility index (Phi) is 3.78. The topological polar surface area (TPSA) is 78.8 Å². The van der Waals surface area contributed by atoms with Crippen LogP contribution in [0.5, 0.6) is 0 Å². The largest absolute Gasteiger partial charge is 0.337 e. The molecule has 0 saturated carbocycles. The third kappa shape index (κ3) is 2.67. The van der Waals surface area contributed by atoms with Crippen LogP contribution in [0.4, 0.5) is 5.95 Å². The standard InChI is InChI=1S/C16H13BrN6S/c1-8-4-3-5-10-13(8)18-15-14(10)21-23-16(19-15)22-20-9(2)11-6-7-12(17)24-11/h3-7H,1-2H3,(H2,18,19,22,23)/b20-9-. The van der Waals surface area contributed by atoms with Gasteiger partial charge in [-0.2, -0.15) is 10.1 Å². The average Bonchev–Trinajstić information content (AvgIpc) is 3.17. The number of aromatic nitrogens is 4. The lowest BCUT2D eigenvalue weighted by Gasteiger charge is -1.99. The van der Waals surface area contributed by atoms with Gasteiger partial charge in [-0.1, -0.05) is 18.2 Å². The number of hydrogen-bond donors (Lipinski definition) is 2. The Morgan fingerprint density at radius 3 is 2.92 bits per heavy atom. The first-order valence-corrected chi connectivity index (χ1v) is 8.90. The molecule has 24 heavy (non-hydrogen) atoms. The molecule has 2 N–H and O–H groups in total. The number of para-hydroxylation sites is 1. The average molecular weight is 401 g/mol. The van der Waals surface area contributed by atoms with Crippen molar-refractivity contribution in [3.05, 3.63) is 44.6 Å². The maximum atomic E-state index is 4.47. The molecular formula is C16H13BrN6S. The molecule has 0 aliphatic rings. The molecule has 0 radical (unpaired) electrons. The normalized spacial score (nSPS) is 12.2. The second kappa shape index (κ2) is 5.95. The Morgan fingerprint density at radius 2 is 2.12 bits per heavy atom. The maximum absolute atomic E-state index is 4.47. The minimum absolute atomic E-state index is 0.363. The fourth-order valence-electron chi connectivity index (χ4n) is 2.49. The van der Waals surface area contributed by atoms with Gasteiger partial charge in [0.05, 0.1) is 19.9 Å². The van der Waals surface area contributed by atoms with Gasteiger partial charge in [-0.15, -0.1) is 21.5 Å². The summed E-state index contributed by atoms with van der Waals surface area (Å²) in [4.78, 5) is 8.85. The molecule has 0 bridgehead atoms. The Hall–Kier alpha value is -2.32. The van der Waals surface area contributed by atoms with Crippen molar-refractivity contribution in [1.82, 2.24) is 20.2 Å². The zero-order chi connectivity index (χ0) is 16.7. The number of hydrogen-bond acceptors (Lipinski definition) is 6. The maximum Gasteiger partial charge on any atom is 0.265 e. The minimum atomic E-state index is 0.363. The van der Waals surface area contributed by atoms with Crippen molar-refractivity contribution < 1.29 is 0 Å². The summed E-state index contributed by atoms with van der Waals surface area (Å²) in [5.41, 5.74) is 7.39. The van der Waals surface area contributed by atoms with Crippen LogP contribution >= 0.6 is 27.3 Å². The van der Waals surface area contributed by atoms with Crippen molar-refractivity contribution in [2.45, 2.75) is 13.8 Å². The van der Waals surface area contributed by atoms with Gasteiger partial charge >= 0.3 is 0 Å². The third-order valence-electron chi connectivity index (χ3n) is 3.71. The molecule has 0 aliphatic carbocycles. The summed E-state index contributed by atoms with van der Waals surface area (Å²) >= 11 is 5.07. The molecule has 0 spiro atoms. The van der Waals surface area contributed by atoms with Crippen molar-refractivity contribution >= 4 is 61.0 Å². The smallest absolute Gasteiger partial charge is 0.265 e. The van der Waals surface area contributed by atoms with Gasteiger partial charge in [-0.25, -0.2) is 5.43 Å². The van der Waals surface area contributed by atoms with E-state index in [9.17, 15) is 0 Å². The molecule has 8 heteroatoms. The Balaban J connectivity index is 1.68. The van der Waals surface area contributed by atoms with Crippen LogP contribution in [-0.4, -0.2) is 25.9 Å². The van der Waals surface area contributed by atoms with E-state index >= 15 is 0 Å². The lowest BCUT2D eigenvalue weighted by Crippen LogP contribution is -2.02. The van der Waals surface area contributed by atoms with E-state index in [1.807, 2.05) is 31.2 Å². The summed E-state index contributed by atoms with van der Waals surface area (Å²) in [7, 11) is 0. The number of aromatic amines is 1. The molecule has 0 unspecified atom stereocenters. The number of aryl methyl sites for hydroxylation is 1. The zero-order valence-corrected chi connectivity index (χ0v) is 15.4. The summed E-state index contributed by atoms with van der Waals surface area (Å²) in [5, 5.41) is 13.8. The van der Waals surface area contributed by atoms with E-state index in [-0.39, 0.29) is 0 Å². The summed E-state index contributed by atoms with van der Waals surface area (Å²) in [5.74, 6) is 0.363. The molecule has 1 aromatic carbocycles. The number of thiophene rings is 1. The van der Waals surface area contributed by atoms with E-state index in [4.69, 9.17) is 0 Å². The van der Waals surface area contributed by atoms with Crippen molar-refractivity contribution in [2.24, 2.45) is 5.10 Å². The second-order valence-corrected chi connectivity index (χ2v) is 7.83. The van der Waals surface area contributed by atoms with Crippen molar-refractivity contribution in [1.29, 1.82) is 0 Å². The molecule has 6 nitrogen and oxygen atoms in total. The Morgan fingerprint density at radius 1 is 1.25 bits per heavy atom. The summed E-state index contributed by atoms with van der Waals surface area (Å²) in [6.45, 7) is 3.99. The number of halogens is 1. The van der Waals surface area contributed by atoms with Crippen LogP contribution in [0, 0.1) is 6.92 Å². The van der Waals surface area contributed by atoms with Gasteiger partial charge in [0.1, 0.15) is 5.52 Å². The van der Waals surface area contributed by atoms with Crippen LogP contribution in [-0.2, 0) is 0 Å². The highest BCUT2D eigenvalue weighted by Gasteiger charge is 2.10. The predicted octanol–water partition coefficient (Wildman–Crippen LogP) is 4.47. The van der Waals surface area contributed by atoms with Crippen molar-refractivity contribution in [3.8, 4) is 0 Å². The van der Waals surface area contributed by atoms with Gasteiger partial charge in [0.25, 0.3) is 5.95 Å². The first kappa shape index (κ1) is 15.2. The van der Waals surface area contributed by atoms with Gasteiger partial charge in [-0.3, -0.25) is 0 Å². The minimum Gasteiger partial charge on any atom is -0.337 e. The number of hydrazone groups is 1. The van der Waals surface area contributed by atoms with Gasteiger partial charge in [0, 0.05) is 5.39 Å². The predicted molar refractivity (Wildman–Crippen MR) is 102 cm³/mol. The molecule has 0 atom stereocenters. The van der Waals surface area contributed by atoms with Crippen LogP contribution in [0.25, 0.3) is 22.1 Å². The van der Waals surface area contributed by atoms with Crippen LogP contribution in [0.15, 0.2) is 39.2 Å². The number of benzene rings is 1. The monoisotopic (exact) mass is 400 g/mol. The number of fused-ring (bicyclic) bond motifs is 3. The first-order chi connectivity index (χ1) is 11.6. The molecule has 0 amide bonds. The zero-order valence-electron chi connectivity index (χ0n) is 13.0. The molecule has 0 aliphatic heterocycles. The molecule has 0 fully saturated rings. The van der Waals surface area contributed by atoms with Crippen LogP contribution in [0.2, 0.25) is 0 Å². The molecule has 3 aromatic heterocycles. The molecule has 120 valence electrons. The quantitative estimate of drug-likeness (QED) is 0.392. The van der Waals surface area contributed by atoms with E-state index in [2.05, 4.69) is 59.6 Å². The number of anilines is 1. The molecule has 4 aromatic rings. The summed E-state index contributed by atoms with van der Waals surface area (Å²) < 4.78 is 1.07. The van der Waals surface area contributed by atoms with Gasteiger partial charge in [0.15, 0.2) is 5.65 Å². The molecule has 0 saturated heterocycles. The van der Waals surface area contributed by atoms with Gasteiger partial charge < -0.3 is 4.98 Å². The highest BCUT2D eigenvalue weighted by Crippen LogP contribution is 2.25. The number of nitrogens with zero attached hydrogens (tertiary/aromatic N) is 4. The van der Waals surface area contributed by atoms with E-state index in [1.165, 1.54) is 0 Å². The highest BCUT2D eigenvalue weighted by molar-refractivity contribution is 9.11. The summed E-state index contributed by atoms with van der Waals surface area (Å²) in [6.07, 6.45) is 0. The van der Waals surface area contributed by atoms with Gasteiger partial charge in [-0.05, 0) is 47.5 Å². The highest BCUT2D eigenvalue weighted by atomic mass is 79.9. The van der Waals surface area contributed by atoms with Crippen LogP contribution < -0.4 is 5.43 Å². The Bertz CT molecular complexity index is 1080. The van der Waals surface area contributed by atoms with E-state index < -0.39 is 0 Å². The third-order valence-corrected chi connectivity index (χ3v) is 5.44. The number of rotatable bonds is 3. The fraction of sp³-hybridized carbons (Fsp3) is 0.125.